The van der Waals surface area contributed by atoms with Gasteiger partial charge in [0.1, 0.15) is 5.82 Å². The Kier molecular flexibility index (Phi) is 2.96. The molecule has 15 heavy (non-hydrogen) atoms. The van der Waals surface area contributed by atoms with Gasteiger partial charge in [0, 0.05) is 31.9 Å². The third kappa shape index (κ3) is 2.15. The van der Waals surface area contributed by atoms with Gasteiger partial charge in [-0.15, -0.1) is 0 Å². The van der Waals surface area contributed by atoms with E-state index in [0.717, 1.165) is 25.3 Å². The molecule has 5 nitrogen and oxygen atoms in total. The van der Waals surface area contributed by atoms with Crippen LogP contribution in [0, 0.1) is 4.77 Å². The summed E-state index contributed by atoms with van der Waals surface area (Å²) < 4.78 is 4.73. The minimum absolute atomic E-state index is 0.687. The summed E-state index contributed by atoms with van der Waals surface area (Å²) in [5.41, 5.74) is 0. The van der Waals surface area contributed by atoms with E-state index < -0.39 is 0 Å². The van der Waals surface area contributed by atoms with Crippen LogP contribution in [0.25, 0.3) is 0 Å². The predicted octanol–water partition coefficient (Wildman–Crippen LogP) is 1.40. The number of imidazole rings is 1. The van der Waals surface area contributed by atoms with Crippen LogP contribution in [-0.2, 0) is 19.5 Å². The number of aromatic nitrogens is 5. The zero-order valence-electron chi connectivity index (χ0n) is 8.55. The Bertz CT molecular complexity index is 467. The van der Waals surface area contributed by atoms with Crippen molar-refractivity contribution in [3.63, 3.8) is 0 Å². The average Bonchev–Trinajstić information content (AvgIpc) is 2.84. The second kappa shape index (κ2) is 4.39. The molecule has 2 aromatic rings. The lowest BCUT2D eigenvalue weighted by atomic mass is 10.4. The first-order valence-electron chi connectivity index (χ1n) is 4.91. The van der Waals surface area contributed by atoms with Crippen LogP contribution >= 0.6 is 12.2 Å². The zero-order valence-corrected chi connectivity index (χ0v) is 9.37. The van der Waals surface area contributed by atoms with Crippen molar-refractivity contribution in [3.05, 3.63) is 29.3 Å². The summed E-state index contributed by atoms with van der Waals surface area (Å²) in [7, 11) is 0. The Balaban J connectivity index is 2.10. The third-order valence-electron chi connectivity index (χ3n) is 2.29. The summed E-state index contributed by atoms with van der Waals surface area (Å²) in [5, 5.41) is 6.96. The Morgan fingerprint density at radius 3 is 3.00 bits per heavy atom. The van der Waals surface area contributed by atoms with Gasteiger partial charge in [-0.25, -0.2) is 4.98 Å². The molecule has 1 N–H and O–H groups in total. The van der Waals surface area contributed by atoms with E-state index in [1.54, 1.807) is 12.5 Å². The summed E-state index contributed by atoms with van der Waals surface area (Å²) in [6.45, 7) is 3.76. The van der Waals surface area contributed by atoms with E-state index in [-0.39, 0.29) is 0 Å². The number of aryl methyl sites for hydroxylation is 2. The molecule has 0 unspecified atom stereocenters. The molecule has 0 saturated carbocycles. The largest absolute Gasteiger partial charge is 0.336 e. The minimum Gasteiger partial charge on any atom is -0.336 e. The van der Waals surface area contributed by atoms with Gasteiger partial charge in [0.25, 0.3) is 0 Å². The van der Waals surface area contributed by atoms with Crippen LogP contribution in [0.15, 0.2) is 18.7 Å². The molecule has 2 heterocycles. The van der Waals surface area contributed by atoms with Crippen molar-refractivity contribution in [2.75, 3.05) is 0 Å². The normalized spacial score (nSPS) is 10.7. The minimum atomic E-state index is 0.687. The molecule has 2 rings (SSSR count). The predicted molar refractivity (Wildman–Crippen MR) is 59.0 cm³/mol. The fraction of sp³-hybridized carbons (Fsp3) is 0.444. The van der Waals surface area contributed by atoms with Crippen molar-refractivity contribution in [1.82, 2.24) is 24.3 Å². The fourth-order valence-corrected chi connectivity index (χ4v) is 1.73. The molecule has 0 aliphatic heterocycles. The molecule has 0 saturated heterocycles. The maximum absolute atomic E-state index is 5.15. The lowest BCUT2D eigenvalue weighted by Gasteiger charge is -2.05. The number of hydrogen-bond donors (Lipinski definition) is 1. The van der Waals surface area contributed by atoms with E-state index >= 15 is 0 Å². The monoisotopic (exact) mass is 223 g/mol. The molecule has 0 fully saturated rings. The first kappa shape index (κ1) is 10.1. The molecule has 0 spiro atoms. The van der Waals surface area contributed by atoms with Crippen molar-refractivity contribution >= 4 is 12.2 Å². The lowest BCUT2D eigenvalue weighted by molar-refractivity contribution is 0.556. The molecule has 0 bridgehead atoms. The van der Waals surface area contributed by atoms with E-state index in [1.165, 1.54) is 0 Å². The van der Waals surface area contributed by atoms with Crippen LogP contribution in [0.4, 0.5) is 0 Å². The summed E-state index contributed by atoms with van der Waals surface area (Å²) in [4.78, 5) is 3.99. The highest BCUT2D eigenvalue weighted by Crippen LogP contribution is 2.00. The average molecular weight is 223 g/mol. The summed E-state index contributed by atoms with van der Waals surface area (Å²) in [5.74, 6) is 1.00. The van der Waals surface area contributed by atoms with Crippen molar-refractivity contribution in [2.24, 2.45) is 0 Å². The highest BCUT2D eigenvalue weighted by atomic mass is 32.1. The molecule has 0 aliphatic carbocycles. The van der Waals surface area contributed by atoms with Gasteiger partial charge in [0.05, 0.1) is 6.33 Å². The molecular formula is C9H13N5S. The van der Waals surface area contributed by atoms with Crippen LogP contribution in [-0.4, -0.2) is 24.3 Å². The molecule has 0 radical (unpaired) electrons. The van der Waals surface area contributed by atoms with Crippen LogP contribution in [0.1, 0.15) is 12.7 Å². The second-order valence-corrected chi connectivity index (χ2v) is 3.64. The number of rotatable bonds is 4. The number of nitrogens with zero attached hydrogens (tertiary/aromatic N) is 4. The Hall–Kier alpha value is -1.43. The second-order valence-electron chi connectivity index (χ2n) is 3.25. The van der Waals surface area contributed by atoms with Gasteiger partial charge in [-0.1, -0.05) is 6.92 Å². The van der Waals surface area contributed by atoms with Gasteiger partial charge in [-0.2, -0.15) is 5.10 Å². The van der Waals surface area contributed by atoms with Crippen molar-refractivity contribution in [3.8, 4) is 0 Å². The van der Waals surface area contributed by atoms with Crippen molar-refractivity contribution in [1.29, 1.82) is 0 Å². The van der Waals surface area contributed by atoms with Crippen LogP contribution < -0.4 is 0 Å². The number of aromatic amines is 1. The van der Waals surface area contributed by atoms with Crippen LogP contribution in [0.3, 0.4) is 0 Å². The fourth-order valence-electron chi connectivity index (χ4n) is 1.49. The molecule has 0 atom stereocenters. The number of H-pyrrole nitrogens is 1. The van der Waals surface area contributed by atoms with E-state index in [0.29, 0.717) is 4.77 Å². The quantitative estimate of drug-likeness (QED) is 0.797. The van der Waals surface area contributed by atoms with E-state index in [9.17, 15) is 0 Å². The summed E-state index contributed by atoms with van der Waals surface area (Å²) in [6, 6.07) is 0. The molecule has 80 valence electrons. The molecule has 0 aromatic carbocycles. The summed E-state index contributed by atoms with van der Waals surface area (Å²) >= 11 is 5.15. The number of nitrogens with one attached hydrogen (secondary N) is 1. The molecule has 0 aliphatic rings. The third-order valence-corrected chi connectivity index (χ3v) is 2.61. The first-order chi connectivity index (χ1) is 7.31. The highest BCUT2D eigenvalue weighted by molar-refractivity contribution is 7.71. The van der Waals surface area contributed by atoms with Gasteiger partial charge in [-0.3, -0.25) is 5.10 Å². The smallest absolute Gasteiger partial charge is 0.195 e. The molecule has 0 amide bonds. The Morgan fingerprint density at radius 1 is 1.47 bits per heavy atom. The van der Waals surface area contributed by atoms with Gasteiger partial charge in [0.2, 0.25) is 0 Å². The van der Waals surface area contributed by atoms with Gasteiger partial charge in [-0.05, 0) is 12.2 Å². The van der Waals surface area contributed by atoms with E-state index in [1.807, 2.05) is 15.3 Å². The van der Waals surface area contributed by atoms with Crippen LogP contribution in [0.2, 0.25) is 0 Å². The zero-order chi connectivity index (χ0) is 10.7. The Labute approximate surface area is 92.8 Å². The molecule has 6 heteroatoms. The van der Waals surface area contributed by atoms with Gasteiger partial charge >= 0.3 is 0 Å². The SMILES string of the molecule is CCc1n[nH]c(=S)n1CCn1ccnc1. The maximum atomic E-state index is 5.15. The van der Waals surface area contributed by atoms with E-state index in [4.69, 9.17) is 12.2 Å². The van der Waals surface area contributed by atoms with Crippen molar-refractivity contribution < 1.29 is 0 Å². The lowest BCUT2D eigenvalue weighted by Crippen LogP contribution is -2.09. The van der Waals surface area contributed by atoms with Crippen LogP contribution in [0.5, 0.6) is 0 Å². The first-order valence-corrected chi connectivity index (χ1v) is 5.32. The van der Waals surface area contributed by atoms with Gasteiger partial charge in [0.15, 0.2) is 4.77 Å². The maximum Gasteiger partial charge on any atom is 0.195 e. The Morgan fingerprint density at radius 2 is 2.33 bits per heavy atom. The van der Waals surface area contributed by atoms with Crippen molar-refractivity contribution in [2.45, 2.75) is 26.4 Å². The van der Waals surface area contributed by atoms with E-state index in [2.05, 4.69) is 22.1 Å². The van der Waals surface area contributed by atoms with Gasteiger partial charge < -0.3 is 9.13 Å². The molecule has 2 aromatic heterocycles. The highest BCUT2D eigenvalue weighted by Gasteiger charge is 2.02. The summed E-state index contributed by atoms with van der Waals surface area (Å²) in [6.07, 6.45) is 6.40. The topological polar surface area (TPSA) is 51.4 Å². The molecular weight excluding hydrogens is 210 g/mol. The standard InChI is InChI=1S/C9H13N5S/c1-2-8-11-12-9(15)14(8)6-5-13-4-3-10-7-13/h3-4,7H,2,5-6H2,1H3,(H,12,15). The number of hydrogen-bond acceptors (Lipinski definition) is 3.